The summed E-state index contributed by atoms with van der Waals surface area (Å²) < 4.78 is 12.7. The SMILES string of the molecule is COc1ccccc1OCC(=O)NCc1ccccc1-c1ccc(Cn2cccn2)cc1. The summed E-state index contributed by atoms with van der Waals surface area (Å²) in [6.45, 7) is 1.07. The Labute approximate surface area is 187 Å². The molecule has 0 saturated carbocycles. The van der Waals surface area contributed by atoms with Crippen molar-refractivity contribution < 1.29 is 14.3 Å². The van der Waals surface area contributed by atoms with Crippen molar-refractivity contribution in [1.29, 1.82) is 0 Å². The Morgan fingerprint density at radius 3 is 2.44 bits per heavy atom. The third-order valence-electron chi connectivity index (χ3n) is 5.09. The number of methoxy groups -OCH3 is 1. The fraction of sp³-hybridized carbons (Fsp3) is 0.154. The summed E-state index contributed by atoms with van der Waals surface area (Å²) in [5.74, 6) is 0.947. The highest BCUT2D eigenvalue weighted by Gasteiger charge is 2.09. The minimum absolute atomic E-state index is 0.0787. The van der Waals surface area contributed by atoms with Crippen molar-refractivity contribution in [3.05, 3.63) is 102 Å². The molecule has 0 spiro atoms. The van der Waals surface area contributed by atoms with Gasteiger partial charge in [-0.25, -0.2) is 0 Å². The minimum Gasteiger partial charge on any atom is -0.493 e. The number of hydrogen-bond acceptors (Lipinski definition) is 4. The second-order valence-electron chi connectivity index (χ2n) is 7.27. The van der Waals surface area contributed by atoms with Crippen molar-refractivity contribution in [2.24, 2.45) is 0 Å². The van der Waals surface area contributed by atoms with Crippen LogP contribution in [0.3, 0.4) is 0 Å². The van der Waals surface area contributed by atoms with Crippen LogP contribution in [0.2, 0.25) is 0 Å². The van der Waals surface area contributed by atoms with Gasteiger partial charge >= 0.3 is 0 Å². The largest absolute Gasteiger partial charge is 0.493 e. The number of carbonyl (C=O) groups is 1. The quantitative estimate of drug-likeness (QED) is 0.433. The summed E-state index contributed by atoms with van der Waals surface area (Å²) >= 11 is 0. The van der Waals surface area contributed by atoms with Gasteiger partial charge in [-0.3, -0.25) is 9.48 Å². The molecule has 1 N–H and O–H groups in total. The zero-order valence-electron chi connectivity index (χ0n) is 17.9. The van der Waals surface area contributed by atoms with Crippen LogP contribution in [0.1, 0.15) is 11.1 Å². The number of hydrogen-bond donors (Lipinski definition) is 1. The lowest BCUT2D eigenvalue weighted by Gasteiger charge is -2.13. The first-order valence-electron chi connectivity index (χ1n) is 10.4. The third kappa shape index (κ3) is 5.35. The van der Waals surface area contributed by atoms with Crippen molar-refractivity contribution >= 4 is 5.91 Å². The van der Waals surface area contributed by atoms with E-state index in [0.29, 0.717) is 18.0 Å². The molecule has 1 aromatic heterocycles. The predicted molar refractivity (Wildman–Crippen MR) is 124 cm³/mol. The molecule has 0 aliphatic carbocycles. The topological polar surface area (TPSA) is 65.4 Å². The molecule has 0 fully saturated rings. The van der Waals surface area contributed by atoms with Crippen molar-refractivity contribution in [1.82, 2.24) is 15.1 Å². The molecule has 0 aliphatic rings. The summed E-state index contributed by atoms with van der Waals surface area (Å²) in [5, 5.41) is 7.19. The Balaban J connectivity index is 1.37. The maximum absolute atomic E-state index is 12.3. The highest BCUT2D eigenvalue weighted by atomic mass is 16.5. The molecular formula is C26H25N3O3. The van der Waals surface area contributed by atoms with E-state index in [9.17, 15) is 4.79 Å². The van der Waals surface area contributed by atoms with Crippen LogP contribution in [0.5, 0.6) is 11.5 Å². The summed E-state index contributed by atoms with van der Waals surface area (Å²) in [4.78, 5) is 12.3. The Kier molecular flexibility index (Phi) is 6.82. The lowest BCUT2D eigenvalue weighted by Crippen LogP contribution is -2.28. The second kappa shape index (κ2) is 10.3. The van der Waals surface area contributed by atoms with Crippen LogP contribution in [0.15, 0.2) is 91.3 Å². The normalized spacial score (nSPS) is 10.5. The highest BCUT2D eigenvalue weighted by Crippen LogP contribution is 2.26. The molecule has 0 atom stereocenters. The van der Waals surface area contributed by atoms with Gasteiger partial charge < -0.3 is 14.8 Å². The van der Waals surface area contributed by atoms with Crippen molar-refractivity contribution in [3.8, 4) is 22.6 Å². The summed E-state index contributed by atoms with van der Waals surface area (Å²) in [5.41, 5.74) is 4.41. The molecule has 0 bridgehead atoms. The number of nitrogens with zero attached hydrogens (tertiary/aromatic N) is 2. The van der Waals surface area contributed by atoms with Crippen LogP contribution in [0, 0.1) is 0 Å². The molecule has 0 unspecified atom stereocenters. The van der Waals surface area contributed by atoms with Crippen molar-refractivity contribution in [2.45, 2.75) is 13.1 Å². The van der Waals surface area contributed by atoms with Gasteiger partial charge in [0.15, 0.2) is 18.1 Å². The summed E-state index contributed by atoms with van der Waals surface area (Å²) in [6, 6.07) is 25.7. The van der Waals surface area contributed by atoms with E-state index in [0.717, 1.165) is 23.2 Å². The maximum atomic E-state index is 12.3. The van der Waals surface area contributed by atoms with Crippen LogP contribution < -0.4 is 14.8 Å². The van der Waals surface area contributed by atoms with E-state index in [-0.39, 0.29) is 12.5 Å². The molecule has 4 aromatic rings. The molecule has 0 aliphatic heterocycles. The van der Waals surface area contributed by atoms with E-state index in [1.165, 1.54) is 5.56 Å². The van der Waals surface area contributed by atoms with Crippen LogP contribution in [-0.4, -0.2) is 29.4 Å². The molecule has 6 heteroatoms. The standard InChI is InChI=1S/C26H25N3O3/c1-31-24-9-4-5-10-25(24)32-19-26(30)27-17-22-7-2-3-8-23(22)21-13-11-20(12-14-21)18-29-16-6-15-28-29/h2-16H,17-19H2,1H3,(H,27,30). The van der Waals surface area contributed by atoms with Gasteiger partial charge in [-0.05, 0) is 40.5 Å². The fourth-order valence-corrected chi connectivity index (χ4v) is 3.45. The smallest absolute Gasteiger partial charge is 0.258 e. The first-order valence-corrected chi connectivity index (χ1v) is 10.4. The zero-order valence-corrected chi connectivity index (χ0v) is 17.9. The Morgan fingerprint density at radius 1 is 0.938 bits per heavy atom. The number of nitrogens with one attached hydrogen (secondary N) is 1. The number of amides is 1. The first kappa shape index (κ1) is 21.2. The molecule has 4 rings (SSSR count). The van der Waals surface area contributed by atoms with Gasteiger partial charge in [0.25, 0.3) is 5.91 Å². The van der Waals surface area contributed by atoms with Gasteiger partial charge in [-0.15, -0.1) is 0 Å². The molecule has 162 valence electrons. The molecule has 6 nitrogen and oxygen atoms in total. The third-order valence-corrected chi connectivity index (χ3v) is 5.09. The van der Waals surface area contributed by atoms with E-state index in [4.69, 9.17) is 9.47 Å². The Bertz CT molecular complexity index is 1160. The average molecular weight is 428 g/mol. The molecule has 0 saturated heterocycles. The Morgan fingerprint density at radius 2 is 1.69 bits per heavy atom. The molecule has 1 amide bonds. The number of aromatic nitrogens is 2. The summed E-state index contributed by atoms with van der Waals surface area (Å²) in [7, 11) is 1.57. The average Bonchev–Trinajstić information content (AvgIpc) is 3.35. The molecule has 1 heterocycles. The number of rotatable bonds is 9. The number of para-hydroxylation sites is 2. The van der Waals surface area contributed by atoms with Gasteiger partial charge in [0, 0.05) is 18.9 Å². The van der Waals surface area contributed by atoms with Crippen molar-refractivity contribution in [2.75, 3.05) is 13.7 Å². The number of carbonyl (C=O) groups excluding carboxylic acids is 1. The monoisotopic (exact) mass is 427 g/mol. The summed E-state index contributed by atoms with van der Waals surface area (Å²) in [6.07, 6.45) is 3.73. The molecule has 32 heavy (non-hydrogen) atoms. The van der Waals surface area contributed by atoms with Crippen LogP contribution in [0.4, 0.5) is 0 Å². The van der Waals surface area contributed by atoms with Gasteiger partial charge in [-0.2, -0.15) is 5.10 Å². The van der Waals surface area contributed by atoms with Gasteiger partial charge in [0.05, 0.1) is 13.7 Å². The highest BCUT2D eigenvalue weighted by molar-refractivity contribution is 5.78. The van der Waals surface area contributed by atoms with Crippen LogP contribution in [0.25, 0.3) is 11.1 Å². The molecule has 0 radical (unpaired) electrons. The van der Waals surface area contributed by atoms with E-state index in [2.05, 4.69) is 40.7 Å². The Hall–Kier alpha value is -4.06. The van der Waals surface area contributed by atoms with E-state index < -0.39 is 0 Å². The van der Waals surface area contributed by atoms with Crippen molar-refractivity contribution in [3.63, 3.8) is 0 Å². The zero-order chi connectivity index (χ0) is 22.2. The molecular weight excluding hydrogens is 402 g/mol. The fourth-order valence-electron chi connectivity index (χ4n) is 3.45. The first-order chi connectivity index (χ1) is 15.7. The number of ether oxygens (including phenoxy) is 2. The lowest BCUT2D eigenvalue weighted by molar-refractivity contribution is -0.123. The van der Waals surface area contributed by atoms with E-state index in [1.807, 2.05) is 47.3 Å². The minimum atomic E-state index is -0.194. The number of benzene rings is 3. The van der Waals surface area contributed by atoms with E-state index >= 15 is 0 Å². The predicted octanol–water partition coefficient (Wildman–Crippen LogP) is 4.30. The van der Waals surface area contributed by atoms with E-state index in [1.54, 1.807) is 25.4 Å². The van der Waals surface area contributed by atoms with Gasteiger partial charge in [-0.1, -0.05) is 60.7 Å². The van der Waals surface area contributed by atoms with Crippen LogP contribution in [-0.2, 0) is 17.9 Å². The lowest BCUT2D eigenvalue weighted by atomic mass is 9.98. The van der Waals surface area contributed by atoms with Gasteiger partial charge in [0.1, 0.15) is 0 Å². The van der Waals surface area contributed by atoms with Crippen LogP contribution >= 0.6 is 0 Å². The second-order valence-corrected chi connectivity index (χ2v) is 7.27. The molecule has 3 aromatic carbocycles. The maximum Gasteiger partial charge on any atom is 0.258 e. The van der Waals surface area contributed by atoms with Gasteiger partial charge in [0.2, 0.25) is 0 Å².